The van der Waals surface area contributed by atoms with E-state index in [-0.39, 0.29) is 6.04 Å². The smallest absolute Gasteiger partial charge is 0.184 e. The van der Waals surface area contributed by atoms with Gasteiger partial charge in [-0.25, -0.2) is 0 Å². The molecule has 0 aliphatic rings. The molecule has 0 fully saturated rings. The molecule has 0 radical (unpaired) electrons. The molecule has 0 aliphatic heterocycles. The molecule has 1 aromatic rings. The fourth-order valence-corrected chi connectivity index (χ4v) is 1.42. The number of nitrogens with zero attached hydrogens (tertiary/aromatic N) is 1. The average Bonchev–Trinajstić information content (AvgIpc) is 2.35. The number of benzene rings is 1. The molecule has 0 aromatic heterocycles. The van der Waals surface area contributed by atoms with Gasteiger partial charge in [0.25, 0.3) is 0 Å². The highest BCUT2D eigenvalue weighted by Gasteiger charge is 2.12. The second-order valence-corrected chi connectivity index (χ2v) is 3.84. The van der Waals surface area contributed by atoms with E-state index in [1.54, 1.807) is 13.2 Å². The van der Waals surface area contributed by atoms with Crippen molar-refractivity contribution in [2.45, 2.75) is 32.4 Å². The van der Waals surface area contributed by atoms with Gasteiger partial charge < -0.3 is 15.2 Å². The number of methoxy groups -OCH3 is 1. The zero-order valence-electron chi connectivity index (χ0n) is 10.4. The molecule has 0 saturated carbocycles. The Labute approximate surface area is 102 Å². The van der Waals surface area contributed by atoms with Crippen molar-refractivity contribution in [3.63, 3.8) is 0 Å². The largest absolute Gasteiger partial charge is 0.493 e. The number of nitriles is 1. The van der Waals surface area contributed by atoms with Gasteiger partial charge in [0.1, 0.15) is 6.07 Å². The number of rotatable bonds is 5. The molecule has 0 spiro atoms. The summed E-state index contributed by atoms with van der Waals surface area (Å²) >= 11 is 0. The Bertz CT molecular complexity index is 410. The molecule has 2 N–H and O–H groups in total. The van der Waals surface area contributed by atoms with E-state index in [0.717, 1.165) is 5.56 Å². The average molecular weight is 234 g/mol. The lowest BCUT2D eigenvalue weighted by molar-refractivity contribution is 0.238. The third kappa shape index (κ3) is 3.36. The Balaban J connectivity index is 2.97. The standard InChI is InChI=1S/C13H18N2O2/c1-4-11(8-14)17-12-6-5-10(9(2)15)7-13(12)16-3/h5-7,9,11H,4,15H2,1-3H3. The van der Waals surface area contributed by atoms with Crippen LogP contribution in [0.5, 0.6) is 11.5 Å². The van der Waals surface area contributed by atoms with Crippen molar-refractivity contribution >= 4 is 0 Å². The summed E-state index contributed by atoms with van der Waals surface area (Å²) in [6.45, 7) is 3.80. The van der Waals surface area contributed by atoms with E-state index in [1.165, 1.54) is 0 Å². The molecule has 0 heterocycles. The maximum atomic E-state index is 8.86. The molecule has 2 atom stereocenters. The van der Waals surface area contributed by atoms with Gasteiger partial charge in [0.15, 0.2) is 17.6 Å². The zero-order chi connectivity index (χ0) is 12.8. The summed E-state index contributed by atoms with van der Waals surface area (Å²) in [5.41, 5.74) is 6.76. The summed E-state index contributed by atoms with van der Waals surface area (Å²) in [7, 11) is 1.57. The van der Waals surface area contributed by atoms with Crippen LogP contribution >= 0.6 is 0 Å². The van der Waals surface area contributed by atoms with Crippen molar-refractivity contribution in [1.82, 2.24) is 0 Å². The van der Waals surface area contributed by atoms with Crippen molar-refractivity contribution in [2.24, 2.45) is 5.73 Å². The van der Waals surface area contributed by atoms with Crippen LogP contribution < -0.4 is 15.2 Å². The van der Waals surface area contributed by atoms with Gasteiger partial charge in [0.05, 0.1) is 7.11 Å². The lowest BCUT2D eigenvalue weighted by Crippen LogP contribution is -2.13. The van der Waals surface area contributed by atoms with Crippen LogP contribution in [0.2, 0.25) is 0 Å². The second-order valence-electron chi connectivity index (χ2n) is 3.84. The molecule has 0 amide bonds. The predicted octanol–water partition coefficient (Wildman–Crippen LogP) is 2.40. The van der Waals surface area contributed by atoms with Gasteiger partial charge in [-0.1, -0.05) is 13.0 Å². The van der Waals surface area contributed by atoms with Crippen LogP contribution in [-0.2, 0) is 0 Å². The summed E-state index contributed by atoms with van der Waals surface area (Å²) in [4.78, 5) is 0. The van der Waals surface area contributed by atoms with Gasteiger partial charge in [-0.05, 0) is 31.0 Å². The van der Waals surface area contributed by atoms with Crippen molar-refractivity contribution in [2.75, 3.05) is 7.11 Å². The van der Waals surface area contributed by atoms with Gasteiger partial charge in [-0.2, -0.15) is 5.26 Å². The van der Waals surface area contributed by atoms with Crippen LogP contribution in [0.4, 0.5) is 0 Å². The van der Waals surface area contributed by atoms with E-state index in [9.17, 15) is 0 Å². The highest BCUT2D eigenvalue weighted by atomic mass is 16.5. The first-order chi connectivity index (χ1) is 8.12. The van der Waals surface area contributed by atoms with Gasteiger partial charge in [0.2, 0.25) is 0 Å². The van der Waals surface area contributed by atoms with E-state index < -0.39 is 6.10 Å². The van der Waals surface area contributed by atoms with E-state index in [1.807, 2.05) is 26.0 Å². The number of nitrogens with two attached hydrogens (primary N) is 1. The van der Waals surface area contributed by atoms with Gasteiger partial charge in [-0.3, -0.25) is 0 Å². The minimum atomic E-state index is -0.454. The van der Waals surface area contributed by atoms with E-state index >= 15 is 0 Å². The Kier molecular flexibility index (Phi) is 4.80. The van der Waals surface area contributed by atoms with Crippen molar-refractivity contribution < 1.29 is 9.47 Å². The van der Waals surface area contributed by atoms with E-state index in [2.05, 4.69) is 6.07 Å². The van der Waals surface area contributed by atoms with Crippen LogP contribution in [0.1, 0.15) is 31.9 Å². The minimum Gasteiger partial charge on any atom is -0.493 e. The van der Waals surface area contributed by atoms with Crippen LogP contribution in [0.15, 0.2) is 18.2 Å². The molecule has 92 valence electrons. The fourth-order valence-electron chi connectivity index (χ4n) is 1.42. The van der Waals surface area contributed by atoms with Crippen LogP contribution in [0.25, 0.3) is 0 Å². The maximum Gasteiger partial charge on any atom is 0.184 e. The fraction of sp³-hybridized carbons (Fsp3) is 0.462. The predicted molar refractivity (Wildman–Crippen MR) is 65.9 cm³/mol. The summed E-state index contributed by atoms with van der Waals surface area (Å²) in [5, 5.41) is 8.86. The first kappa shape index (κ1) is 13.3. The third-order valence-corrected chi connectivity index (χ3v) is 2.50. The lowest BCUT2D eigenvalue weighted by Gasteiger charge is -2.15. The molecule has 1 aromatic carbocycles. The molecule has 17 heavy (non-hydrogen) atoms. The van der Waals surface area contributed by atoms with Crippen LogP contribution in [0.3, 0.4) is 0 Å². The minimum absolute atomic E-state index is 0.0594. The molecular formula is C13H18N2O2. The van der Waals surface area contributed by atoms with Gasteiger partial charge in [0, 0.05) is 6.04 Å². The Morgan fingerprint density at radius 3 is 2.59 bits per heavy atom. The molecule has 2 unspecified atom stereocenters. The molecule has 4 nitrogen and oxygen atoms in total. The Hall–Kier alpha value is -1.73. The second kappa shape index (κ2) is 6.12. The van der Waals surface area contributed by atoms with E-state index in [0.29, 0.717) is 17.9 Å². The monoisotopic (exact) mass is 234 g/mol. The molecule has 1 rings (SSSR count). The number of hydrogen-bond donors (Lipinski definition) is 1. The van der Waals surface area contributed by atoms with Gasteiger partial charge in [-0.15, -0.1) is 0 Å². The maximum absolute atomic E-state index is 8.86. The lowest BCUT2D eigenvalue weighted by atomic mass is 10.1. The third-order valence-electron chi connectivity index (χ3n) is 2.50. The molecular weight excluding hydrogens is 216 g/mol. The van der Waals surface area contributed by atoms with Crippen molar-refractivity contribution in [1.29, 1.82) is 5.26 Å². The molecule has 0 bridgehead atoms. The topological polar surface area (TPSA) is 68.3 Å². The van der Waals surface area contributed by atoms with Gasteiger partial charge >= 0.3 is 0 Å². The first-order valence-corrected chi connectivity index (χ1v) is 5.62. The molecule has 4 heteroatoms. The Morgan fingerprint density at radius 1 is 1.41 bits per heavy atom. The number of ether oxygens (including phenoxy) is 2. The quantitative estimate of drug-likeness (QED) is 0.849. The highest BCUT2D eigenvalue weighted by Crippen LogP contribution is 2.30. The summed E-state index contributed by atoms with van der Waals surface area (Å²) in [5.74, 6) is 1.18. The highest BCUT2D eigenvalue weighted by molar-refractivity contribution is 5.44. The normalized spacial score (nSPS) is 13.6. The van der Waals surface area contributed by atoms with Crippen LogP contribution in [-0.4, -0.2) is 13.2 Å². The summed E-state index contributed by atoms with van der Waals surface area (Å²) in [6, 6.07) is 7.54. The summed E-state index contributed by atoms with van der Waals surface area (Å²) in [6.07, 6.45) is 0.180. The summed E-state index contributed by atoms with van der Waals surface area (Å²) < 4.78 is 10.8. The first-order valence-electron chi connectivity index (χ1n) is 5.62. The van der Waals surface area contributed by atoms with Crippen molar-refractivity contribution in [3.05, 3.63) is 23.8 Å². The zero-order valence-corrected chi connectivity index (χ0v) is 10.4. The number of hydrogen-bond acceptors (Lipinski definition) is 4. The Morgan fingerprint density at radius 2 is 2.12 bits per heavy atom. The molecule has 0 aliphatic carbocycles. The van der Waals surface area contributed by atoms with Crippen molar-refractivity contribution in [3.8, 4) is 17.6 Å². The SMILES string of the molecule is CCC(C#N)Oc1ccc(C(C)N)cc1OC. The van der Waals surface area contributed by atoms with Crippen LogP contribution in [0, 0.1) is 11.3 Å². The molecule has 0 saturated heterocycles. The van der Waals surface area contributed by atoms with E-state index in [4.69, 9.17) is 20.5 Å².